The molecule has 4 aromatic rings. The molecule has 3 aromatic carbocycles. The van der Waals surface area contributed by atoms with Gasteiger partial charge in [0.05, 0.1) is 16.3 Å². The lowest BCUT2D eigenvalue weighted by atomic mass is 10.1. The van der Waals surface area contributed by atoms with Gasteiger partial charge in [-0.2, -0.15) is 0 Å². The topological polar surface area (TPSA) is 65.7 Å². The fourth-order valence-electron chi connectivity index (χ4n) is 2.80. The van der Waals surface area contributed by atoms with Crippen LogP contribution in [0.15, 0.2) is 92.7 Å². The van der Waals surface area contributed by atoms with E-state index >= 15 is 0 Å². The average Bonchev–Trinajstić information content (AvgIpc) is 2.72. The number of fused-ring (bicyclic) bond motifs is 1. The highest BCUT2D eigenvalue weighted by Crippen LogP contribution is 2.29. The Morgan fingerprint density at radius 2 is 1.69 bits per heavy atom. The van der Waals surface area contributed by atoms with Gasteiger partial charge in [0.15, 0.2) is 0 Å². The van der Waals surface area contributed by atoms with Crippen LogP contribution in [0.1, 0.15) is 5.56 Å². The average molecular weight is 451 g/mol. The first-order valence-corrected chi connectivity index (χ1v) is 9.62. The summed E-state index contributed by atoms with van der Waals surface area (Å²) >= 11 is 3.38. The Labute approximate surface area is 174 Å². The van der Waals surface area contributed by atoms with Crippen LogP contribution in [0, 0.1) is 0 Å². The van der Waals surface area contributed by atoms with Crippen LogP contribution in [0.3, 0.4) is 0 Å². The molecule has 4 rings (SSSR count). The zero-order chi connectivity index (χ0) is 20.2. The van der Waals surface area contributed by atoms with E-state index < -0.39 is 5.97 Å². The lowest BCUT2D eigenvalue weighted by molar-refractivity contribution is -0.133. The molecular weight excluding hydrogens is 436 g/mol. The van der Waals surface area contributed by atoms with Crippen molar-refractivity contribution in [1.29, 1.82) is 0 Å². The summed E-state index contributed by atoms with van der Waals surface area (Å²) < 4.78 is 17.3. The van der Waals surface area contributed by atoms with Crippen LogP contribution < -0.4 is 14.9 Å². The molecule has 0 saturated heterocycles. The van der Waals surface area contributed by atoms with Crippen molar-refractivity contribution in [2.75, 3.05) is 0 Å². The normalized spacial score (nSPS) is 10.7. The molecule has 0 bridgehead atoms. The number of carbonyl (C=O) groups excluding carboxylic acids is 1. The Morgan fingerprint density at radius 3 is 2.48 bits per heavy atom. The fourth-order valence-corrected chi connectivity index (χ4v) is 3.17. The first-order chi connectivity index (χ1) is 14.1. The minimum absolute atomic E-state index is 0.0678. The van der Waals surface area contributed by atoms with Crippen molar-refractivity contribution in [3.8, 4) is 17.2 Å². The molecule has 0 atom stereocenters. The molecule has 1 heterocycles. The van der Waals surface area contributed by atoms with Crippen molar-refractivity contribution in [2.24, 2.45) is 0 Å². The lowest BCUT2D eigenvalue weighted by Crippen LogP contribution is -2.11. The summed E-state index contributed by atoms with van der Waals surface area (Å²) in [5, 5.41) is 0.331. The van der Waals surface area contributed by atoms with E-state index in [9.17, 15) is 9.59 Å². The molecule has 0 fully saturated rings. The quantitative estimate of drug-likeness (QED) is 0.296. The fraction of sp³-hybridized carbons (Fsp3) is 0.0435. The van der Waals surface area contributed by atoms with Crippen molar-refractivity contribution in [1.82, 2.24) is 0 Å². The molecule has 0 amide bonds. The van der Waals surface area contributed by atoms with Gasteiger partial charge >= 0.3 is 5.97 Å². The highest BCUT2D eigenvalue weighted by atomic mass is 79.9. The van der Waals surface area contributed by atoms with Crippen LogP contribution >= 0.6 is 15.9 Å². The van der Waals surface area contributed by atoms with Crippen molar-refractivity contribution in [3.63, 3.8) is 0 Å². The summed E-state index contributed by atoms with van der Waals surface area (Å²) in [5.41, 5.74) is 0.849. The van der Waals surface area contributed by atoms with E-state index in [1.807, 2.05) is 42.5 Å². The molecule has 29 heavy (non-hydrogen) atoms. The van der Waals surface area contributed by atoms with E-state index in [1.54, 1.807) is 24.3 Å². The van der Waals surface area contributed by atoms with E-state index in [-0.39, 0.29) is 17.6 Å². The first-order valence-electron chi connectivity index (χ1n) is 8.83. The SMILES string of the molecule is O=C(Cc1ccccc1)Oc1ccc2c(=O)c(Oc3ccccc3Br)coc2c1. The third-order valence-electron chi connectivity index (χ3n) is 4.19. The van der Waals surface area contributed by atoms with Crippen LogP contribution in [-0.4, -0.2) is 5.97 Å². The minimum atomic E-state index is -0.397. The molecule has 0 aliphatic rings. The second kappa shape index (κ2) is 8.32. The zero-order valence-electron chi connectivity index (χ0n) is 15.1. The van der Waals surface area contributed by atoms with Crippen LogP contribution in [-0.2, 0) is 11.2 Å². The molecule has 0 N–H and O–H groups in total. The van der Waals surface area contributed by atoms with Crippen molar-refractivity contribution < 1.29 is 18.7 Å². The van der Waals surface area contributed by atoms with Gasteiger partial charge < -0.3 is 13.9 Å². The van der Waals surface area contributed by atoms with Crippen molar-refractivity contribution >= 4 is 32.9 Å². The predicted octanol–water partition coefficient (Wildman–Crippen LogP) is 5.50. The molecule has 0 unspecified atom stereocenters. The largest absolute Gasteiger partial charge is 0.460 e. The number of hydrogen-bond acceptors (Lipinski definition) is 5. The third kappa shape index (κ3) is 4.38. The highest BCUT2D eigenvalue weighted by Gasteiger charge is 2.13. The first kappa shape index (κ1) is 19.0. The van der Waals surface area contributed by atoms with Gasteiger partial charge in [-0.1, -0.05) is 42.5 Å². The number of benzene rings is 3. The van der Waals surface area contributed by atoms with Crippen LogP contribution in [0.5, 0.6) is 17.2 Å². The maximum Gasteiger partial charge on any atom is 0.315 e. The summed E-state index contributed by atoms with van der Waals surface area (Å²) in [5.74, 6) is 0.483. The molecule has 5 nitrogen and oxygen atoms in total. The van der Waals surface area contributed by atoms with Crippen molar-refractivity contribution in [2.45, 2.75) is 6.42 Å². The van der Waals surface area contributed by atoms with Crippen LogP contribution in [0.4, 0.5) is 0 Å². The summed E-state index contributed by atoms with van der Waals surface area (Å²) in [7, 11) is 0. The number of hydrogen-bond donors (Lipinski definition) is 0. The maximum absolute atomic E-state index is 12.7. The van der Waals surface area contributed by atoms with Crippen LogP contribution in [0.2, 0.25) is 0 Å². The van der Waals surface area contributed by atoms with Gasteiger partial charge in [-0.25, -0.2) is 0 Å². The van der Waals surface area contributed by atoms with E-state index in [1.165, 1.54) is 12.3 Å². The number of ether oxygens (including phenoxy) is 2. The second-order valence-corrected chi connectivity index (χ2v) is 7.11. The molecule has 6 heteroatoms. The Balaban J connectivity index is 1.55. The molecule has 1 aromatic heterocycles. The van der Waals surface area contributed by atoms with E-state index in [4.69, 9.17) is 13.9 Å². The van der Waals surface area contributed by atoms with Gasteiger partial charge in [0.1, 0.15) is 23.3 Å². The summed E-state index contributed by atoms with van der Waals surface area (Å²) in [6, 6.07) is 21.2. The summed E-state index contributed by atoms with van der Waals surface area (Å²) in [6.07, 6.45) is 1.40. The minimum Gasteiger partial charge on any atom is -0.460 e. The highest BCUT2D eigenvalue weighted by molar-refractivity contribution is 9.10. The Kier molecular flexibility index (Phi) is 5.44. The Hall–Kier alpha value is -3.38. The maximum atomic E-state index is 12.7. The van der Waals surface area contributed by atoms with E-state index in [0.29, 0.717) is 22.5 Å². The van der Waals surface area contributed by atoms with Crippen molar-refractivity contribution in [3.05, 3.63) is 99.3 Å². The zero-order valence-corrected chi connectivity index (χ0v) is 16.7. The molecular formula is C23H15BrO5. The predicted molar refractivity (Wildman–Crippen MR) is 112 cm³/mol. The Bertz CT molecular complexity index is 1230. The van der Waals surface area contributed by atoms with Gasteiger partial charge in [0.25, 0.3) is 0 Å². The molecule has 144 valence electrons. The van der Waals surface area contributed by atoms with Crippen LogP contribution in [0.25, 0.3) is 11.0 Å². The molecule has 0 aliphatic heterocycles. The van der Waals surface area contributed by atoms with Gasteiger partial charge in [-0.15, -0.1) is 0 Å². The molecule has 0 saturated carbocycles. The van der Waals surface area contributed by atoms with Gasteiger partial charge in [-0.05, 0) is 45.8 Å². The van der Waals surface area contributed by atoms with Gasteiger partial charge in [-0.3, -0.25) is 9.59 Å². The van der Waals surface area contributed by atoms with E-state index in [0.717, 1.165) is 10.0 Å². The summed E-state index contributed by atoms with van der Waals surface area (Å²) in [4.78, 5) is 24.8. The second-order valence-electron chi connectivity index (χ2n) is 6.26. The number of carbonyl (C=O) groups is 1. The van der Waals surface area contributed by atoms with Gasteiger partial charge in [0.2, 0.25) is 11.2 Å². The summed E-state index contributed by atoms with van der Waals surface area (Å²) in [6.45, 7) is 0. The van der Waals surface area contributed by atoms with E-state index in [2.05, 4.69) is 15.9 Å². The monoisotopic (exact) mass is 450 g/mol. The molecule has 0 aliphatic carbocycles. The number of esters is 1. The Morgan fingerprint density at radius 1 is 0.931 bits per heavy atom. The standard InChI is InChI=1S/C23H15BrO5/c24-18-8-4-5-9-19(18)29-21-14-27-20-13-16(10-11-17(20)23(21)26)28-22(25)12-15-6-2-1-3-7-15/h1-11,13-14H,12H2. The molecule has 0 spiro atoms. The third-order valence-corrected chi connectivity index (χ3v) is 4.85. The smallest absolute Gasteiger partial charge is 0.315 e. The number of halogens is 1. The number of para-hydroxylation sites is 1. The molecule has 0 radical (unpaired) electrons. The number of rotatable bonds is 5. The lowest BCUT2D eigenvalue weighted by Gasteiger charge is -2.08. The van der Waals surface area contributed by atoms with Gasteiger partial charge in [0, 0.05) is 6.07 Å².